The van der Waals surface area contributed by atoms with Gasteiger partial charge >= 0.3 is 0 Å². The van der Waals surface area contributed by atoms with Crippen LogP contribution < -0.4 is 0 Å². The Labute approximate surface area is 95.4 Å². The average Bonchev–Trinajstić information content (AvgIpc) is 2.16. The zero-order chi connectivity index (χ0) is 10.6. The maximum atomic E-state index is 9.75. The Morgan fingerprint density at radius 1 is 1.57 bits per heavy atom. The molecular weight excluding hydrogens is 216 g/mol. The molecular formula is C10H18O2S2. The third kappa shape index (κ3) is 4.15. The highest BCUT2D eigenvalue weighted by Crippen LogP contribution is 2.31. The van der Waals surface area contributed by atoms with Crippen molar-refractivity contribution in [1.29, 1.82) is 0 Å². The van der Waals surface area contributed by atoms with Gasteiger partial charge in [0.05, 0.1) is 12.2 Å². The summed E-state index contributed by atoms with van der Waals surface area (Å²) in [6, 6.07) is 0. The number of hydrogen-bond acceptors (Lipinski definition) is 4. The molecule has 0 aromatic rings. The minimum absolute atomic E-state index is 0.448. The van der Waals surface area contributed by atoms with Gasteiger partial charge in [-0.2, -0.15) is 0 Å². The largest absolute Gasteiger partial charge is 0.478 e. The zero-order valence-electron chi connectivity index (χ0n) is 8.78. The van der Waals surface area contributed by atoms with Crippen LogP contribution in [0.1, 0.15) is 32.6 Å². The molecule has 0 bridgehead atoms. The summed E-state index contributed by atoms with van der Waals surface area (Å²) >= 11 is 6.43. The molecule has 0 aliphatic heterocycles. The first-order chi connectivity index (χ1) is 6.53. The summed E-state index contributed by atoms with van der Waals surface area (Å²) in [6.07, 6.45) is 5.78. The van der Waals surface area contributed by atoms with Gasteiger partial charge in [-0.1, -0.05) is 11.8 Å². The second-order valence-electron chi connectivity index (χ2n) is 4.21. The fourth-order valence-electron chi connectivity index (χ4n) is 1.71. The molecule has 0 unspecified atom stereocenters. The molecule has 1 rings (SSSR count). The fraction of sp³-hybridized carbons (Fsp3) is 0.900. The van der Waals surface area contributed by atoms with E-state index in [1.165, 1.54) is 11.8 Å². The normalized spacial score (nSPS) is 32.6. The number of ether oxygens (including phenoxy) is 1. The minimum atomic E-state index is -0.448. The van der Waals surface area contributed by atoms with Crippen molar-refractivity contribution in [1.82, 2.24) is 0 Å². The minimum Gasteiger partial charge on any atom is -0.478 e. The summed E-state index contributed by atoms with van der Waals surface area (Å²) < 4.78 is 6.04. The highest BCUT2D eigenvalue weighted by Gasteiger charge is 2.28. The highest BCUT2D eigenvalue weighted by molar-refractivity contribution is 8.22. The van der Waals surface area contributed by atoms with Crippen LogP contribution in [0.5, 0.6) is 0 Å². The lowest BCUT2D eigenvalue weighted by molar-refractivity contribution is 0.00122. The average molecular weight is 234 g/mol. The van der Waals surface area contributed by atoms with Crippen LogP contribution >= 0.6 is 24.0 Å². The van der Waals surface area contributed by atoms with Crippen molar-refractivity contribution < 1.29 is 9.84 Å². The lowest BCUT2D eigenvalue weighted by Gasteiger charge is -2.32. The number of rotatable bonds is 2. The van der Waals surface area contributed by atoms with Crippen molar-refractivity contribution in [2.75, 3.05) is 12.9 Å². The first-order valence-corrected chi connectivity index (χ1v) is 6.60. The van der Waals surface area contributed by atoms with Gasteiger partial charge in [-0.05, 0) is 57.0 Å². The molecule has 1 saturated carbocycles. The van der Waals surface area contributed by atoms with Crippen molar-refractivity contribution in [3.63, 3.8) is 0 Å². The molecule has 14 heavy (non-hydrogen) atoms. The molecule has 4 heteroatoms. The van der Waals surface area contributed by atoms with Gasteiger partial charge in [0.15, 0.2) is 0 Å². The van der Waals surface area contributed by atoms with E-state index in [-0.39, 0.29) is 0 Å². The molecule has 2 nitrogen and oxygen atoms in total. The molecule has 0 heterocycles. The van der Waals surface area contributed by atoms with E-state index in [9.17, 15) is 5.11 Å². The Balaban J connectivity index is 2.19. The van der Waals surface area contributed by atoms with Gasteiger partial charge in [0, 0.05) is 0 Å². The van der Waals surface area contributed by atoms with Crippen LogP contribution in [-0.2, 0) is 4.74 Å². The Kier molecular flexibility index (Phi) is 4.67. The predicted octanol–water partition coefficient (Wildman–Crippen LogP) is 2.59. The Bertz CT molecular complexity index is 194. The zero-order valence-corrected chi connectivity index (χ0v) is 10.4. The Morgan fingerprint density at radius 2 is 2.14 bits per heavy atom. The lowest BCUT2D eigenvalue weighted by atomic mass is 9.80. The standard InChI is InChI=1S/C10H18O2S2/c1-10(11)5-3-8(4-6-10)7-12-9(13)14-2/h8,11H,3-7H2,1-2H3/t8-,10-. The van der Waals surface area contributed by atoms with Gasteiger partial charge in [0.25, 0.3) is 0 Å². The SMILES string of the molecule is CSC(=S)OC[C@H]1CC[C@](C)(O)CC1. The highest BCUT2D eigenvalue weighted by atomic mass is 32.2. The quantitative estimate of drug-likeness (QED) is 0.744. The third-order valence-corrected chi connectivity index (χ3v) is 3.85. The van der Waals surface area contributed by atoms with Crippen molar-refractivity contribution in [3.8, 4) is 0 Å². The molecule has 1 N–H and O–H groups in total. The summed E-state index contributed by atoms with van der Waals surface area (Å²) in [5, 5.41) is 9.75. The first-order valence-electron chi connectivity index (χ1n) is 4.96. The van der Waals surface area contributed by atoms with Crippen molar-refractivity contribution in [2.24, 2.45) is 5.92 Å². The second kappa shape index (κ2) is 5.33. The molecule has 0 radical (unpaired) electrons. The number of aliphatic hydroxyl groups is 1. The van der Waals surface area contributed by atoms with Crippen LogP contribution in [0.25, 0.3) is 0 Å². The van der Waals surface area contributed by atoms with Gasteiger partial charge < -0.3 is 9.84 Å². The summed E-state index contributed by atoms with van der Waals surface area (Å²) in [5.41, 5.74) is -0.448. The number of hydrogen-bond donors (Lipinski definition) is 1. The van der Waals surface area contributed by atoms with E-state index in [2.05, 4.69) is 0 Å². The van der Waals surface area contributed by atoms with Crippen molar-refractivity contribution in [2.45, 2.75) is 38.2 Å². The van der Waals surface area contributed by atoms with Crippen molar-refractivity contribution in [3.05, 3.63) is 0 Å². The van der Waals surface area contributed by atoms with Gasteiger partial charge in [-0.3, -0.25) is 0 Å². The summed E-state index contributed by atoms with van der Waals surface area (Å²) in [7, 11) is 0. The van der Waals surface area contributed by atoms with Gasteiger partial charge in [-0.15, -0.1) is 0 Å². The summed E-state index contributed by atoms with van der Waals surface area (Å²) in [4.78, 5) is 0. The van der Waals surface area contributed by atoms with Gasteiger partial charge in [0.1, 0.15) is 0 Å². The number of thioether (sulfide) groups is 1. The first kappa shape index (κ1) is 12.3. The van der Waals surface area contributed by atoms with E-state index >= 15 is 0 Å². The topological polar surface area (TPSA) is 29.5 Å². The van der Waals surface area contributed by atoms with E-state index in [4.69, 9.17) is 17.0 Å². The van der Waals surface area contributed by atoms with E-state index < -0.39 is 5.60 Å². The number of thiocarbonyl (C=S) groups is 1. The van der Waals surface area contributed by atoms with Crippen molar-refractivity contribution >= 4 is 28.4 Å². The molecule has 0 amide bonds. The maximum absolute atomic E-state index is 9.75. The molecule has 0 atom stereocenters. The van der Waals surface area contributed by atoms with Gasteiger partial charge in [0.2, 0.25) is 4.38 Å². The fourth-order valence-corrected chi connectivity index (χ4v) is 1.96. The molecule has 0 aromatic heterocycles. The Hall–Kier alpha value is 0.200. The third-order valence-electron chi connectivity index (χ3n) is 2.79. The molecule has 1 fully saturated rings. The van der Waals surface area contributed by atoms with Crippen LogP contribution in [0.4, 0.5) is 0 Å². The molecule has 0 saturated heterocycles. The van der Waals surface area contributed by atoms with E-state index in [1.54, 1.807) is 0 Å². The Morgan fingerprint density at radius 3 is 2.64 bits per heavy atom. The van der Waals surface area contributed by atoms with Crippen LogP contribution in [-0.4, -0.2) is 28.0 Å². The monoisotopic (exact) mass is 234 g/mol. The lowest BCUT2D eigenvalue weighted by Crippen LogP contribution is -2.31. The van der Waals surface area contributed by atoms with Crippen LogP contribution in [0, 0.1) is 5.92 Å². The summed E-state index contributed by atoms with van der Waals surface area (Å²) in [5.74, 6) is 0.570. The van der Waals surface area contributed by atoms with E-state index in [1.807, 2.05) is 13.2 Å². The molecule has 0 spiro atoms. The van der Waals surface area contributed by atoms with E-state index in [0.717, 1.165) is 32.3 Å². The molecule has 0 aromatic carbocycles. The van der Waals surface area contributed by atoms with Crippen LogP contribution in [0.3, 0.4) is 0 Å². The predicted molar refractivity (Wildman–Crippen MR) is 64.6 cm³/mol. The van der Waals surface area contributed by atoms with Crippen LogP contribution in [0.2, 0.25) is 0 Å². The van der Waals surface area contributed by atoms with Gasteiger partial charge in [-0.25, -0.2) is 0 Å². The maximum Gasteiger partial charge on any atom is 0.219 e. The van der Waals surface area contributed by atoms with Crippen LogP contribution in [0.15, 0.2) is 0 Å². The molecule has 1 aliphatic carbocycles. The summed E-state index contributed by atoms with van der Waals surface area (Å²) in [6.45, 7) is 2.63. The van der Waals surface area contributed by atoms with E-state index in [0.29, 0.717) is 10.3 Å². The smallest absolute Gasteiger partial charge is 0.219 e. The molecule has 82 valence electrons. The second-order valence-corrected chi connectivity index (χ2v) is 5.61. The molecule has 1 aliphatic rings.